The molecule has 29 unspecified atom stereocenters. The Labute approximate surface area is 460 Å². The molecule has 0 spiro atoms. The summed E-state index contributed by atoms with van der Waals surface area (Å²) < 4.78 is 46.7. The molecular formula is C56H88O23. The van der Waals surface area contributed by atoms with Crippen LogP contribution in [-0.4, -0.2) is 216 Å². The molecule has 12 N–H and O–H groups in total. The third-order valence-corrected chi connectivity index (χ3v) is 21.9. The summed E-state index contributed by atoms with van der Waals surface area (Å²) in [6.07, 6.45) is -19.8. The largest absolute Gasteiger partial charge is 0.481 e. The topological polar surface area (TPSA) is 368 Å². The molecule has 6 aliphatic carbocycles. The van der Waals surface area contributed by atoms with Gasteiger partial charge >= 0.3 is 17.9 Å². The molecule has 5 saturated carbocycles. The summed E-state index contributed by atoms with van der Waals surface area (Å²) in [6, 6.07) is 0. The van der Waals surface area contributed by atoms with Gasteiger partial charge in [-0.1, -0.05) is 46.3 Å². The Bertz CT molecular complexity index is 2250. The van der Waals surface area contributed by atoms with Crippen LogP contribution in [0.15, 0.2) is 11.6 Å². The van der Waals surface area contributed by atoms with Crippen molar-refractivity contribution in [1.82, 2.24) is 0 Å². The van der Waals surface area contributed by atoms with Gasteiger partial charge in [0.05, 0.1) is 49.0 Å². The lowest BCUT2D eigenvalue weighted by atomic mass is 9.34. The van der Waals surface area contributed by atoms with Gasteiger partial charge in [-0.25, -0.2) is 0 Å². The number of fused-ring (bicyclic) bond motifs is 7. The smallest absolute Gasteiger partial charge is 0.311 e. The number of hydrogen-bond donors (Lipinski definition) is 12. The fourth-order valence-corrected chi connectivity index (χ4v) is 17.0. The Balaban J connectivity index is 0.875. The van der Waals surface area contributed by atoms with Crippen LogP contribution < -0.4 is 0 Å². The van der Waals surface area contributed by atoms with Gasteiger partial charge in [-0.2, -0.15) is 0 Å². The number of aliphatic hydroxyl groups is 11. The van der Waals surface area contributed by atoms with E-state index in [0.717, 1.165) is 31.3 Å². The quantitative estimate of drug-likeness (QED) is 0.0683. The highest BCUT2D eigenvalue weighted by Gasteiger charge is 2.69. The summed E-state index contributed by atoms with van der Waals surface area (Å²) in [6.45, 7) is 14.5. The number of aliphatic carboxylic acids is 1. The van der Waals surface area contributed by atoms with Crippen molar-refractivity contribution in [2.24, 2.45) is 62.6 Å². The van der Waals surface area contributed by atoms with Crippen LogP contribution in [0.25, 0.3) is 0 Å². The van der Waals surface area contributed by atoms with E-state index in [1.54, 1.807) is 6.92 Å². The van der Waals surface area contributed by atoms with Crippen molar-refractivity contribution in [3.8, 4) is 0 Å². The van der Waals surface area contributed by atoms with Crippen molar-refractivity contribution in [1.29, 1.82) is 0 Å². The summed E-state index contributed by atoms with van der Waals surface area (Å²) in [5.74, 6) is -4.60. The molecule has 0 aromatic heterocycles. The highest BCUT2D eigenvalue weighted by molar-refractivity contribution is 5.78. The van der Waals surface area contributed by atoms with Crippen LogP contribution in [-0.2, 0) is 52.3 Å². The van der Waals surface area contributed by atoms with Gasteiger partial charge in [-0.15, -0.1) is 0 Å². The number of carboxylic acid groups (broad SMARTS) is 1. The summed E-state index contributed by atoms with van der Waals surface area (Å²) in [4.78, 5) is 39.6. The van der Waals surface area contributed by atoms with Crippen LogP contribution in [0.2, 0.25) is 0 Å². The van der Waals surface area contributed by atoms with E-state index in [1.165, 1.54) is 13.8 Å². The number of rotatable bonds is 12. The van der Waals surface area contributed by atoms with Gasteiger partial charge < -0.3 is 99.2 Å². The van der Waals surface area contributed by atoms with Gasteiger partial charge in [-0.3, -0.25) is 14.4 Å². The molecule has 23 heteroatoms. The summed E-state index contributed by atoms with van der Waals surface area (Å²) >= 11 is 0. The average Bonchev–Trinajstić information content (AvgIpc) is 3.00. The lowest BCUT2D eigenvalue weighted by Gasteiger charge is -2.71. The van der Waals surface area contributed by atoms with E-state index in [0.29, 0.717) is 19.3 Å². The molecule has 3 saturated heterocycles. The maximum absolute atomic E-state index is 14.7. The third-order valence-electron chi connectivity index (χ3n) is 21.9. The first-order valence-electron chi connectivity index (χ1n) is 28.5. The maximum atomic E-state index is 14.7. The van der Waals surface area contributed by atoms with Gasteiger partial charge in [0.1, 0.15) is 67.1 Å². The minimum Gasteiger partial charge on any atom is -0.481 e. The van der Waals surface area contributed by atoms with Crippen LogP contribution in [0.1, 0.15) is 120 Å². The molecule has 3 aliphatic heterocycles. The molecular weight excluding hydrogens is 1040 g/mol. The zero-order valence-electron chi connectivity index (χ0n) is 46.6. The molecule has 0 aromatic rings. The number of hydrogen-bond acceptors (Lipinski definition) is 22. The summed E-state index contributed by atoms with van der Waals surface area (Å²) in [5.41, 5.74) is -1.33. The fraction of sp³-hybridized carbons (Fsp3) is 0.911. The highest BCUT2D eigenvalue weighted by Crippen LogP contribution is 2.75. The zero-order valence-corrected chi connectivity index (χ0v) is 46.6. The molecule has 0 aromatic carbocycles. The Morgan fingerprint density at radius 3 is 2.01 bits per heavy atom. The van der Waals surface area contributed by atoms with E-state index in [2.05, 4.69) is 40.7 Å². The summed E-state index contributed by atoms with van der Waals surface area (Å²) in [7, 11) is 0. The molecule has 0 amide bonds. The van der Waals surface area contributed by atoms with Crippen LogP contribution in [0.4, 0.5) is 0 Å². The van der Waals surface area contributed by atoms with E-state index < -0.39 is 159 Å². The van der Waals surface area contributed by atoms with Crippen molar-refractivity contribution in [2.75, 3.05) is 19.8 Å². The average molecular weight is 1130 g/mol. The third kappa shape index (κ3) is 10.4. The Hall–Kier alpha value is -2.53. The number of ether oxygens (including phenoxy) is 8. The minimum absolute atomic E-state index is 0.0640. The van der Waals surface area contributed by atoms with Crippen molar-refractivity contribution in [3.05, 3.63) is 11.6 Å². The first kappa shape index (κ1) is 61.0. The Morgan fingerprint density at radius 1 is 0.684 bits per heavy atom. The monoisotopic (exact) mass is 1130 g/mol. The van der Waals surface area contributed by atoms with Crippen molar-refractivity contribution in [3.63, 3.8) is 0 Å². The van der Waals surface area contributed by atoms with Crippen molar-refractivity contribution in [2.45, 2.75) is 236 Å². The molecule has 79 heavy (non-hydrogen) atoms. The number of allylic oxidation sites excluding steroid dienone is 2. The second kappa shape index (κ2) is 22.5. The maximum Gasteiger partial charge on any atom is 0.311 e. The van der Waals surface area contributed by atoms with Gasteiger partial charge in [-0.05, 0) is 123 Å². The molecule has 23 nitrogen and oxygen atoms in total. The van der Waals surface area contributed by atoms with Crippen LogP contribution in [0.5, 0.6) is 0 Å². The van der Waals surface area contributed by atoms with E-state index in [1.807, 2.05) is 0 Å². The summed E-state index contributed by atoms with van der Waals surface area (Å²) in [5, 5.41) is 130. The predicted molar refractivity (Wildman–Crippen MR) is 270 cm³/mol. The molecule has 9 aliphatic rings. The molecule has 0 radical (unpaired) electrons. The lowest BCUT2D eigenvalue weighted by Crippen LogP contribution is -2.65. The van der Waals surface area contributed by atoms with Crippen LogP contribution >= 0.6 is 0 Å². The fourth-order valence-electron chi connectivity index (χ4n) is 17.0. The van der Waals surface area contributed by atoms with Gasteiger partial charge in [0.2, 0.25) is 6.29 Å². The number of carbonyl (C=O) groups is 3. The number of aliphatic hydroxyl groups excluding tert-OH is 11. The number of carboxylic acids is 1. The van der Waals surface area contributed by atoms with Gasteiger partial charge in [0, 0.05) is 19.4 Å². The van der Waals surface area contributed by atoms with Gasteiger partial charge in [0.15, 0.2) is 18.7 Å². The van der Waals surface area contributed by atoms with E-state index in [-0.39, 0.29) is 77.3 Å². The molecule has 29 atom stereocenters. The normalized spacial score (nSPS) is 52.5. The molecule has 0 bridgehead atoms. The first-order chi connectivity index (χ1) is 36.9. The lowest BCUT2D eigenvalue weighted by molar-refractivity contribution is -0.327. The van der Waals surface area contributed by atoms with Crippen molar-refractivity contribution < 1.29 is 114 Å². The van der Waals surface area contributed by atoms with Gasteiger partial charge in [0.25, 0.3) is 0 Å². The van der Waals surface area contributed by atoms with E-state index in [9.17, 15) is 75.7 Å². The second-order valence-corrected chi connectivity index (χ2v) is 26.6. The minimum atomic E-state index is -1.93. The Kier molecular flexibility index (Phi) is 17.4. The van der Waals surface area contributed by atoms with E-state index in [4.69, 9.17) is 37.9 Å². The molecule has 8 fully saturated rings. The molecule has 3 heterocycles. The first-order valence-corrected chi connectivity index (χ1v) is 28.5. The standard InChI is InChI=1S/C56H88O23/c1-23-36(59)40(63)44(67)49(74-23)78-46-25(20-57)17-30(37(60)42(46)65)72-21-32-38(61)41(64)45(68)50(76-32)79-47(69)28-19-53(5,51(70)71)18-27-26(28)11-15-55(7)29(27)9-10-34-54(6)14-13-35(52(3,4)33(54)12-16-56(34,55)8)77-48-43(66)39(62)31(22-73-48)75-24(2)58/h9,23,25-28,30-46,48-50,57,59-68H,10-22H2,1-8H3,(H,70,71). The molecule has 450 valence electrons. The van der Waals surface area contributed by atoms with Crippen LogP contribution in [0.3, 0.4) is 0 Å². The zero-order chi connectivity index (χ0) is 57.8. The molecule has 9 rings (SSSR count). The van der Waals surface area contributed by atoms with Crippen LogP contribution in [0, 0.1) is 62.6 Å². The Morgan fingerprint density at radius 2 is 1.34 bits per heavy atom. The second-order valence-electron chi connectivity index (χ2n) is 26.6. The SMILES string of the molecule is CC(=O)OC1COC(OC2CCC3(C)C(CCC4(C)C3CC=C3C5CC(C)(C(=O)O)CC(C(=O)OC6OC(COC7CC(CO)C(OC8OC(C)C(O)C(O)C8O)C(O)C7O)C(O)C(O)C6O)C5CCC34C)C2(C)C)C(O)C1O. The predicted octanol–water partition coefficient (Wildman–Crippen LogP) is -0.214. The van der Waals surface area contributed by atoms with Crippen molar-refractivity contribution >= 4 is 17.9 Å². The van der Waals surface area contributed by atoms with E-state index >= 15 is 0 Å². The highest BCUT2D eigenvalue weighted by atomic mass is 16.7. The number of esters is 2. The number of carbonyl (C=O) groups excluding carboxylic acids is 2.